The molecule has 2 N–H and O–H groups in total. The summed E-state index contributed by atoms with van der Waals surface area (Å²) in [5, 5.41) is 0. The van der Waals surface area contributed by atoms with Crippen LogP contribution in [0.4, 0.5) is 4.39 Å². The number of ether oxygens (including phenoxy) is 3. The quantitative estimate of drug-likeness (QED) is 0.665. The minimum Gasteiger partial charge on any atom is -0.462 e. The zero-order valence-electron chi connectivity index (χ0n) is 17.0. The van der Waals surface area contributed by atoms with Gasteiger partial charge in [0.2, 0.25) is 0 Å². The third kappa shape index (κ3) is 2.87. The lowest BCUT2D eigenvalue weighted by Crippen LogP contribution is -2.31. The van der Waals surface area contributed by atoms with Crippen LogP contribution in [0.5, 0.6) is 11.5 Å². The molecule has 0 amide bonds. The number of hydrogen-bond acceptors (Lipinski definition) is 7. The summed E-state index contributed by atoms with van der Waals surface area (Å²) in [7, 11) is 0. The van der Waals surface area contributed by atoms with Gasteiger partial charge in [-0.05, 0) is 35.8 Å². The molecule has 0 fully saturated rings. The van der Waals surface area contributed by atoms with E-state index in [0.717, 1.165) is 27.8 Å². The van der Waals surface area contributed by atoms with Gasteiger partial charge in [-0.15, -0.1) is 0 Å². The van der Waals surface area contributed by atoms with Crippen molar-refractivity contribution in [2.45, 2.75) is 12.0 Å². The van der Waals surface area contributed by atoms with E-state index in [2.05, 4.69) is 9.97 Å². The van der Waals surface area contributed by atoms with Gasteiger partial charge in [-0.25, -0.2) is 19.4 Å². The van der Waals surface area contributed by atoms with Crippen LogP contribution in [0.2, 0.25) is 0 Å². The molecule has 0 unspecified atom stereocenters. The van der Waals surface area contributed by atoms with Gasteiger partial charge in [0.25, 0.3) is 6.02 Å². The summed E-state index contributed by atoms with van der Waals surface area (Å²) in [6.07, 6.45) is 7.52. The van der Waals surface area contributed by atoms with Gasteiger partial charge in [-0.1, -0.05) is 12.1 Å². The number of halogens is 1. The standard InChI is InChI=1S/C24H19FN4O3/c25-20-9-22-19(8-17(20)14-3-5-30-6-4-14)24(12-31-23(26)29-24)18-7-15(1-2-21(18)32-22)16-10-27-13-28-11-16/h1-3,7-11,13H,4-6,12H2,(H2,26,29)/t24-/m0/s1. The van der Waals surface area contributed by atoms with Gasteiger partial charge in [0, 0.05) is 40.7 Å². The molecule has 3 aromatic rings. The highest BCUT2D eigenvalue weighted by atomic mass is 19.1. The molecule has 160 valence electrons. The van der Waals surface area contributed by atoms with Crippen LogP contribution in [0, 0.1) is 5.82 Å². The lowest BCUT2D eigenvalue weighted by Gasteiger charge is -2.34. The van der Waals surface area contributed by atoms with Gasteiger partial charge in [-0.3, -0.25) is 0 Å². The van der Waals surface area contributed by atoms with Crippen LogP contribution in [-0.2, 0) is 15.0 Å². The van der Waals surface area contributed by atoms with Gasteiger partial charge in [0.15, 0.2) is 5.54 Å². The molecule has 8 heteroatoms. The molecule has 1 spiro atoms. The van der Waals surface area contributed by atoms with Crippen molar-refractivity contribution in [2.75, 3.05) is 19.8 Å². The SMILES string of the molecule is NC1=N[C@@]2(CO1)c1cc(-c3cncnc3)ccc1Oc1cc(F)c(C3=CCOCC3)cc12. The maximum absolute atomic E-state index is 15.1. The van der Waals surface area contributed by atoms with Crippen LogP contribution in [0.1, 0.15) is 23.1 Å². The molecule has 0 bridgehead atoms. The Hall–Kier alpha value is -3.78. The van der Waals surface area contributed by atoms with E-state index >= 15 is 4.39 Å². The van der Waals surface area contributed by atoms with Crippen molar-refractivity contribution in [1.29, 1.82) is 0 Å². The van der Waals surface area contributed by atoms with Gasteiger partial charge in [-0.2, -0.15) is 0 Å². The zero-order valence-corrected chi connectivity index (χ0v) is 17.0. The van der Waals surface area contributed by atoms with Crippen LogP contribution in [0.3, 0.4) is 0 Å². The largest absolute Gasteiger partial charge is 0.462 e. The zero-order chi connectivity index (χ0) is 21.7. The van der Waals surface area contributed by atoms with E-state index in [4.69, 9.17) is 24.9 Å². The number of aliphatic imine (C=N–C) groups is 1. The van der Waals surface area contributed by atoms with Crippen molar-refractivity contribution in [3.8, 4) is 22.6 Å². The highest BCUT2D eigenvalue weighted by Gasteiger charge is 2.47. The predicted octanol–water partition coefficient (Wildman–Crippen LogP) is 3.78. The van der Waals surface area contributed by atoms with Crippen LogP contribution in [-0.4, -0.2) is 35.8 Å². The maximum Gasteiger partial charge on any atom is 0.283 e. The summed E-state index contributed by atoms with van der Waals surface area (Å²) in [4.78, 5) is 12.9. The number of fused-ring (bicyclic) bond motifs is 4. The van der Waals surface area contributed by atoms with E-state index in [1.54, 1.807) is 12.4 Å². The molecule has 1 atom stereocenters. The molecule has 3 aliphatic rings. The predicted molar refractivity (Wildman–Crippen MR) is 116 cm³/mol. The Kier molecular flexibility index (Phi) is 4.22. The molecule has 32 heavy (non-hydrogen) atoms. The van der Waals surface area contributed by atoms with E-state index < -0.39 is 5.54 Å². The minimum absolute atomic E-state index is 0.0911. The molecule has 0 saturated carbocycles. The fourth-order valence-electron chi connectivity index (χ4n) is 4.52. The number of amidine groups is 1. The van der Waals surface area contributed by atoms with Crippen molar-refractivity contribution in [1.82, 2.24) is 9.97 Å². The van der Waals surface area contributed by atoms with Gasteiger partial charge >= 0.3 is 0 Å². The molecule has 4 heterocycles. The summed E-state index contributed by atoms with van der Waals surface area (Å²) in [5.74, 6) is 0.645. The Morgan fingerprint density at radius 2 is 1.84 bits per heavy atom. The van der Waals surface area contributed by atoms with E-state index in [-0.39, 0.29) is 18.4 Å². The van der Waals surface area contributed by atoms with E-state index in [0.29, 0.717) is 36.7 Å². The first-order valence-corrected chi connectivity index (χ1v) is 10.3. The summed E-state index contributed by atoms with van der Waals surface area (Å²) in [5.41, 5.74) is 9.75. The Morgan fingerprint density at radius 1 is 1.00 bits per heavy atom. The lowest BCUT2D eigenvalue weighted by atomic mass is 9.79. The average Bonchev–Trinajstić information content (AvgIpc) is 3.22. The second kappa shape index (κ2) is 7.13. The average molecular weight is 430 g/mol. The summed E-state index contributed by atoms with van der Waals surface area (Å²) in [6, 6.07) is 9.08. The van der Waals surface area contributed by atoms with Crippen molar-refractivity contribution < 1.29 is 18.6 Å². The number of rotatable bonds is 2. The van der Waals surface area contributed by atoms with Crippen molar-refractivity contribution in [3.63, 3.8) is 0 Å². The molecule has 6 rings (SSSR count). The van der Waals surface area contributed by atoms with Crippen LogP contribution in [0.25, 0.3) is 16.7 Å². The molecule has 3 aliphatic heterocycles. The number of hydrogen-bond donors (Lipinski definition) is 1. The van der Waals surface area contributed by atoms with E-state index in [1.807, 2.05) is 30.3 Å². The Morgan fingerprint density at radius 3 is 2.59 bits per heavy atom. The van der Waals surface area contributed by atoms with Crippen LogP contribution >= 0.6 is 0 Å². The molecule has 7 nitrogen and oxygen atoms in total. The van der Waals surface area contributed by atoms with E-state index in [9.17, 15) is 0 Å². The minimum atomic E-state index is -0.938. The highest BCUT2D eigenvalue weighted by Crippen LogP contribution is 2.52. The fraction of sp³-hybridized carbons (Fsp3) is 0.208. The Balaban J connectivity index is 1.56. The summed E-state index contributed by atoms with van der Waals surface area (Å²) >= 11 is 0. The van der Waals surface area contributed by atoms with Crippen molar-refractivity contribution >= 4 is 11.6 Å². The number of aromatic nitrogens is 2. The number of nitrogens with two attached hydrogens (primary N) is 1. The Labute approximate surface area is 183 Å². The number of nitrogens with zero attached hydrogens (tertiary/aromatic N) is 3. The Bertz CT molecular complexity index is 1290. The third-order valence-corrected chi connectivity index (χ3v) is 6.09. The highest BCUT2D eigenvalue weighted by molar-refractivity contribution is 5.79. The molecule has 0 saturated heterocycles. The monoisotopic (exact) mass is 430 g/mol. The van der Waals surface area contributed by atoms with Gasteiger partial charge in [0.05, 0.1) is 13.2 Å². The summed E-state index contributed by atoms with van der Waals surface area (Å²) < 4.78 is 32.3. The lowest BCUT2D eigenvalue weighted by molar-refractivity contribution is 0.161. The maximum atomic E-state index is 15.1. The third-order valence-electron chi connectivity index (χ3n) is 6.09. The topological polar surface area (TPSA) is 91.9 Å². The van der Waals surface area contributed by atoms with E-state index in [1.165, 1.54) is 12.4 Å². The van der Waals surface area contributed by atoms with Gasteiger partial charge < -0.3 is 19.9 Å². The van der Waals surface area contributed by atoms with Crippen molar-refractivity contribution in [3.05, 3.63) is 77.6 Å². The fourth-order valence-corrected chi connectivity index (χ4v) is 4.52. The first kappa shape index (κ1) is 18.9. The molecule has 1 aromatic heterocycles. The normalized spacial score (nSPS) is 21.2. The number of benzene rings is 2. The summed E-state index contributed by atoms with van der Waals surface area (Å²) in [6.45, 7) is 1.22. The van der Waals surface area contributed by atoms with Gasteiger partial charge in [0.1, 0.15) is 30.3 Å². The second-order valence-corrected chi connectivity index (χ2v) is 7.92. The molecular weight excluding hydrogens is 411 g/mol. The second-order valence-electron chi connectivity index (χ2n) is 7.92. The molecular formula is C24H19FN4O3. The smallest absolute Gasteiger partial charge is 0.283 e. The van der Waals surface area contributed by atoms with Crippen molar-refractivity contribution in [2.24, 2.45) is 10.7 Å². The first-order chi connectivity index (χ1) is 15.6. The first-order valence-electron chi connectivity index (χ1n) is 10.3. The molecule has 0 radical (unpaired) electrons. The van der Waals surface area contributed by atoms with Crippen LogP contribution < -0.4 is 10.5 Å². The van der Waals surface area contributed by atoms with Crippen LogP contribution in [0.15, 0.2) is 60.1 Å². The molecule has 2 aromatic carbocycles. The molecule has 0 aliphatic carbocycles.